The van der Waals surface area contributed by atoms with Crippen molar-refractivity contribution in [3.8, 4) is 11.5 Å². The maximum Gasteiger partial charge on any atom is 0.416 e. The van der Waals surface area contributed by atoms with Crippen LogP contribution < -0.4 is 0 Å². The molecule has 1 aromatic carbocycles. The Labute approximate surface area is 128 Å². The quantitative estimate of drug-likeness (QED) is 0.693. The minimum Gasteiger partial charge on any atom is -0.235 e. The Bertz CT molecular complexity index is 812. The van der Waals surface area contributed by atoms with Crippen LogP contribution in [0.4, 0.5) is 17.6 Å². The van der Waals surface area contributed by atoms with Gasteiger partial charge in [0.2, 0.25) is 5.95 Å². The van der Waals surface area contributed by atoms with Gasteiger partial charge in [-0.25, -0.2) is 14.6 Å². The molecule has 8 heteroatoms. The van der Waals surface area contributed by atoms with Crippen molar-refractivity contribution in [3.05, 3.63) is 65.9 Å². The Morgan fingerprint density at radius 2 is 1.74 bits per heavy atom. The zero-order chi connectivity index (χ0) is 16.4. The second kappa shape index (κ2) is 5.79. The van der Waals surface area contributed by atoms with E-state index in [2.05, 4.69) is 15.1 Å². The maximum atomic E-state index is 13.9. The smallest absolute Gasteiger partial charge is 0.235 e. The molecule has 0 saturated heterocycles. The molecule has 3 aromatic rings. The molecule has 3 rings (SSSR count). The van der Waals surface area contributed by atoms with Crippen molar-refractivity contribution in [2.75, 3.05) is 0 Å². The zero-order valence-corrected chi connectivity index (χ0v) is 11.6. The zero-order valence-electron chi connectivity index (χ0n) is 11.6. The Morgan fingerprint density at radius 3 is 2.43 bits per heavy atom. The number of hydrogen-bond acceptors (Lipinski definition) is 3. The van der Waals surface area contributed by atoms with E-state index in [-0.39, 0.29) is 18.1 Å². The maximum absolute atomic E-state index is 13.9. The van der Waals surface area contributed by atoms with Crippen molar-refractivity contribution in [3.63, 3.8) is 0 Å². The molecule has 0 spiro atoms. The molecule has 0 aliphatic heterocycles. The fraction of sp³-hybridized carbons (Fsp3) is 0.133. The Balaban J connectivity index is 1.88. The van der Waals surface area contributed by atoms with Crippen LogP contribution in [0, 0.1) is 5.95 Å². The van der Waals surface area contributed by atoms with Crippen molar-refractivity contribution in [1.29, 1.82) is 0 Å². The van der Waals surface area contributed by atoms with E-state index in [0.717, 1.165) is 22.9 Å². The van der Waals surface area contributed by atoms with Crippen molar-refractivity contribution < 1.29 is 17.6 Å². The van der Waals surface area contributed by atoms with Gasteiger partial charge >= 0.3 is 6.18 Å². The van der Waals surface area contributed by atoms with Gasteiger partial charge in [0.25, 0.3) is 0 Å². The van der Waals surface area contributed by atoms with Gasteiger partial charge in [-0.1, -0.05) is 12.1 Å². The molecule has 0 fully saturated rings. The van der Waals surface area contributed by atoms with Crippen LogP contribution in [0.2, 0.25) is 0 Å². The Hall–Kier alpha value is -2.77. The molecule has 2 heterocycles. The summed E-state index contributed by atoms with van der Waals surface area (Å²) >= 11 is 0. The number of nitrogens with zero attached hydrogens (tertiary/aromatic N) is 4. The number of halogens is 4. The van der Waals surface area contributed by atoms with Crippen molar-refractivity contribution in [2.45, 2.75) is 12.7 Å². The molecule has 0 radical (unpaired) electrons. The number of aromatic nitrogens is 4. The highest BCUT2D eigenvalue weighted by Gasteiger charge is 2.30. The van der Waals surface area contributed by atoms with Crippen molar-refractivity contribution in [2.24, 2.45) is 0 Å². The van der Waals surface area contributed by atoms with Crippen LogP contribution in [0.5, 0.6) is 0 Å². The van der Waals surface area contributed by atoms with E-state index >= 15 is 0 Å². The fourth-order valence-corrected chi connectivity index (χ4v) is 2.06. The van der Waals surface area contributed by atoms with Crippen LogP contribution in [0.15, 0.2) is 48.8 Å². The van der Waals surface area contributed by atoms with Gasteiger partial charge in [-0.15, -0.1) is 0 Å². The summed E-state index contributed by atoms with van der Waals surface area (Å²) in [5.41, 5.74) is -0.272. The number of benzene rings is 1. The SMILES string of the molecule is Fc1cc(-c2ncccn2)nn1Cc1cccc(C(F)(F)F)c1. The third-order valence-corrected chi connectivity index (χ3v) is 3.11. The van der Waals surface area contributed by atoms with Crippen LogP contribution in [0.25, 0.3) is 11.5 Å². The second-order valence-corrected chi connectivity index (χ2v) is 4.78. The van der Waals surface area contributed by atoms with Crippen LogP contribution >= 0.6 is 0 Å². The standard InChI is InChI=1S/C15H10F4N4/c16-13-8-12(14-20-5-2-6-21-14)22-23(13)9-10-3-1-4-11(7-10)15(17,18)19/h1-8H,9H2. The van der Waals surface area contributed by atoms with E-state index in [4.69, 9.17) is 0 Å². The molecule has 0 bridgehead atoms. The normalized spacial score (nSPS) is 11.7. The van der Waals surface area contributed by atoms with Gasteiger partial charge in [-0.05, 0) is 23.8 Å². The molecular formula is C15H10F4N4. The first kappa shape index (κ1) is 15.1. The molecule has 0 unspecified atom stereocenters. The predicted octanol–water partition coefficient (Wildman–Crippen LogP) is 3.55. The third-order valence-electron chi connectivity index (χ3n) is 3.11. The Morgan fingerprint density at radius 1 is 1.00 bits per heavy atom. The molecule has 0 N–H and O–H groups in total. The Kier molecular flexibility index (Phi) is 3.81. The molecule has 0 aliphatic carbocycles. The van der Waals surface area contributed by atoms with Gasteiger partial charge in [-0.3, -0.25) is 0 Å². The van der Waals surface area contributed by atoms with Gasteiger partial charge in [-0.2, -0.15) is 22.7 Å². The average Bonchev–Trinajstić information content (AvgIpc) is 2.89. The molecule has 0 aliphatic rings. The van der Waals surface area contributed by atoms with E-state index < -0.39 is 17.7 Å². The summed E-state index contributed by atoms with van der Waals surface area (Å²) in [5.74, 6) is -0.431. The lowest BCUT2D eigenvalue weighted by Gasteiger charge is -2.09. The van der Waals surface area contributed by atoms with Crippen LogP contribution in [0.1, 0.15) is 11.1 Å². The summed E-state index contributed by atoms with van der Waals surface area (Å²) in [6.45, 7) is -0.122. The topological polar surface area (TPSA) is 43.6 Å². The lowest BCUT2D eigenvalue weighted by atomic mass is 10.1. The first-order chi connectivity index (χ1) is 10.9. The van der Waals surface area contributed by atoms with E-state index in [1.54, 1.807) is 6.07 Å². The molecule has 23 heavy (non-hydrogen) atoms. The monoisotopic (exact) mass is 322 g/mol. The van der Waals surface area contributed by atoms with Gasteiger partial charge in [0.15, 0.2) is 5.82 Å². The largest absolute Gasteiger partial charge is 0.416 e. The number of alkyl halides is 3. The van der Waals surface area contributed by atoms with Crippen LogP contribution in [0.3, 0.4) is 0 Å². The summed E-state index contributed by atoms with van der Waals surface area (Å²) in [6.07, 6.45) is -1.46. The lowest BCUT2D eigenvalue weighted by molar-refractivity contribution is -0.137. The van der Waals surface area contributed by atoms with Crippen LogP contribution in [-0.2, 0) is 12.7 Å². The first-order valence-corrected chi connectivity index (χ1v) is 6.60. The number of hydrogen-bond donors (Lipinski definition) is 0. The van der Waals surface area contributed by atoms with E-state index in [1.807, 2.05) is 0 Å². The highest BCUT2D eigenvalue weighted by molar-refractivity contribution is 5.47. The van der Waals surface area contributed by atoms with Crippen LogP contribution in [-0.4, -0.2) is 19.7 Å². The molecule has 4 nitrogen and oxygen atoms in total. The first-order valence-electron chi connectivity index (χ1n) is 6.60. The van der Waals surface area contributed by atoms with Gasteiger partial charge < -0.3 is 0 Å². The van der Waals surface area contributed by atoms with Gasteiger partial charge in [0, 0.05) is 18.5 Å². The average molecular weight is 322 g/mol. The highest BCUT2D eigenvalue weighted by atomic mass is 19.4. The second-order valence-electron chi connectivity index (χ2n) is 4.78. The summed E-state index contributed by atoms with van der Waals surface area (Å²) in [7, 11) is 0. The summed E-state index contributed by atoms with van der Waals surface area (Å²) in [6, 6.07) is 7.45. The fourth-order valence-electron chi connectivity index (χ4n) is 2.06. The van der Waals surface area contributed by atoms with E-state index in [9.17, 15) is 17.6 Å². The van der Waals surface area contributed by atoms with Crippen molar-refractivity contribution >= 4 is 0 Å². The lowest BCUT2D eigenvalue weighted by Crippen LogP contribution is -2.08. The summed E-state index contributed by atoms with van der Waals surface area (Å²) < 4.78 is 53.0. The molecule has 0 atom stereocenters. The molecule has 0 amide bonds. The predicted molar refractivity (Wildman–Crippen MR) is 73.8 cm³/mol. The summed E-state index contributed by atoms with van der Waals surface area (Å²) in [4.78, 5) is 7.91. The summed E-state index contributed by atoms with van der Waals surface area (Å²) in [5, 5.41) is 4.00. The molecular weight excluding hydrogens is 312 g/mol. The van der Waals surface area contributed by atoms with Gasteiger partial charge in [0.05, 0.1) is 12.1 Å². The van der Waals surface area contributed by atoms with Crippen molar-refractivity contribution in [1.82, 2.24) is 19.7 Å². The minimum atomic E-state index is -4.44. The van der Waals surface area contributed by atoms with E-state index in [1.165, 1.54) is 24.5 Å². The van der Waals surface area contributed by atoms with Gasteiger partial charge in [0.1, 0.15) is 5.69 Å². The number of rotatable bonds is 3. The van der Waals surface area contributed by atoms with E-state index in [0.29, 0.717) is 5.56 Å². The minimum absolute atomic E-state index is 0.122. The molecule has 118 valence electrons. The molecule has 2 aromatic heterocycles. The molecule has 0 saturated carbocycles. The third kappa shape index (κ3) is 3.36. The highest BCUT2D eigenvalue weighted by Crippen LogP contribution is 2.29.